The summed E-state index contributed by atoms with van der Waals surface area (Å²) < 4.78 is 0.0513. The summed E-state index contributed by atoms with van der Waals surface area (Å²) in [6.45, 7) is 8.07. The van der Waals surface area contributed by atoms with Crippen molar-refractivity contribution in [3.05, 3.63) is 41.6 Å². The van der Waals surface area contributed by atoms with Crippen LogP contribution in [0.1, 0.15) is 25.0 Å². The van der Waals surface area contributed by atoms with Gasteiger partial charge in [0.15, 0.2) is 0 Å². The molecule has 0 aromatic heterocycles. The number of nitrogens with zero attached hydrogens (tertiary/aromatic N) is 1. The lowest BCUT2D eigenvalue weighted by atomic mass is 9.83. The summed E-state index contributed by atoms with van der Waals surface area (Å²) in [4.78, 5) is 22.3. The zero-order valence-corrected chi connectivity index (χ0v) is 11.4. The van der Waals surface area contributed by atoms with E-state index in [1.807, 2.05) is 26.0 Å². The first-order valence-electron chi connectivity index (χ1n) is 6.11. The van der Waals surface area contributed by atoms with E-state index in [0.29, 0.717) is 0 Å². The lowest BCUT2D eigenvalue weighted by Crippen LogP contribution is -2.42. The highest BCUT2D eigenvalue weighted by molar-refractivity contribution is 5.82. The minimum absolute atomic E-state index is 0.0133. The van der Waals surface area contributed by atoms with Crippen LogP contribution in [0, 0.1) is 0 Å². The predicted octanol–water partition coefficient (Wildman–Crippen LogP) is 2.21. The molecule has 0 saturated heterocycles. The van der Waals surface area contributed by atoms with E-state index < -0.39 is 5.97 Å². The lowest BCUT2D eigenvalue weighted by molar-refractivity contribution is -0.136. The Kier molecular flexibility index (Phi) is 2.86. The van der Waals surface area contributed by atoms with Crippen molar-refractivity contribution in [3.63, 3.8) is 0 Å². The third-order valence-corrected chi connectivity index (χ3v) is 4.08. The topological polar surface area (TPSA) is 54.4 Å². The number of quaternary nitrogens is 1. The normalized spacial score (nSPS) is 24.1. The maximum Gasteiger partial charge on any atom is 0.311 e. The van der Waals surface area contributed by atoms with Crippen LogP contribution < -0.4 is 4.48 Å². The highest BCUT2D eigenvalue weighted by Crippen LogP contribution is 2.50. The smallest absolute Gasteiger partial charge is 0.311 e. The average Bonchev–Trinajstić information content (AvgIpc) is 2.49. The van der Waals surface area contributed by atoms with Crippen LogP contribution in [0.2, 0.25) is 0 Å². The molecule has 0 spiro atoms. The lowest BCUT2D eigenvalue weighted by Gasteiger charge is -2.25. The molecule has 1 heterocycles. The third kappa shape index (κ3) is 1.79. The van der Waals surface area contributed by atoms with Gasteiger partial charge in [-0.2, -0.15) is 0 Å². The number of carbonyl (C=O) groups excluding carboxylic acids is 1. The molecule has 0 saturated carbocycles. The quantitative estimate of drug-likeness (QED) is 0.669. The first-order valence-corrected chi connectivity index (χ1v) is 6.11. The van der Waals surface area contributed by atoms with Gasteiger partial charge in [-0.1, -0.05) is 6.07 Å². The van der Waals surface area contributed by atoms with Gasteiger partial charge in [0.25, 0.3) is 0 Å². The molecular formula is C15H18NO3+. The number of allylic oxidation sites excluding steroid dienone is 1. The Morgan fingerprint density at radius 1 is 1.47 bits per heavy atom. The molecule has 1 unspecified atom stereocenters. The molecule has 1 aliphatic rings. The van der Waals surface area contributed by atoms with E-state index in [1.165, 1.54) is 0 Å². The van der Waals surface area contributed by atoms with Gasteiger partial charge in [0.1, 0.15) is 11.4 Å². The van der Waals surface area contributed by atoms with Crippen molar-refractivity contribution in [1.29, 1.82) is 0 Å². The fraction of sp³-hybridized carbons (Fsp3) is 0.333. The van der Waals surface area contributed by atoms with E-state index >= 15 is 0 Å². The second-order valence-corrected chi connectivity index (χ2v) is 5.67. The number of carboxylic acid groups (broad SMARTS) is 1. The van der Waals surface area contributed by atoms with Gasteiger partial charge in [0.05, 0.1) is 18.9 Å². The number of carboxylic acids is 1. The molecule has 1 aliphatic heterocycles. The number of hydrogen-bond acceptors (Lipinski definition) is 2. The minimum Gasteiger partial charge on any atom is -0.481 e. The highest BCUT2D eigenvalue weighted by Gasteiger charge is 2.50. The summed E-state index contributed by atoms with van der Waals surface area (Å²) in [5.74, 6) is -0.859. The van der Waals surface area contributed by atoms with Gasteiger partial charge in [0, 0.05) is 11.6 Å². The van der Waals surface area contributed by atoms with E-state index in [9.17, 15) is 9.59 Å². The summed E-state index contributed by atoms with van der Waals surface area (Å²) in [7, 11) is 1.81. The zero-order valence-electron chi connectivity index (χ0n) is 11.4. The molecular weight excluding hydrogens is 242 g/mol. The summed E-state index contributed by atoms with van der Waals surface area (Å²) in [6, 6.07) is 5.48. The predicted molar refractivity (Wildman–Crippen MR) is 73.7 cm³/mol. The molecule has 0 radical (unpaired) electrons. The summed E-state index contributed by atoms with van der Waals surface area (Å²) in [6.07, 6.45) is 0.855. The molecule has 0 aliphatic carbocycles. The Labute approximate surface area is 112 Å². The molecule has 1 N–H and O–H groups in total. The number of carbonyl (C=O) groups is 2. The van der Waals surface area contributed by atoms with Gasteiger partial charge in [-0.05, 0) is 32.1 Å². The number of hydrogen-bond donors (Lipinski definition) is 1. The zero-order chi connectivity index (χ0) is 14.4. The van der Waals surface area contributed by atoms with E-state index in [1.54, 1.807) is 13.1 Å². The third-order valence-electron chi connectivity index (χ3n) is 4.08. The van der Waals surface area contributed by atoms with Crippen molar-refractivity contribution in [2.24, 2.45) is 0 Å². The van der Waals surface area contributed by atoms with Crippen molar-refractivity contribution >= 4 is 18.1 Å². The van der Waals surface area contributed by atoms with Crippen LogP contribution in [-0.4, -0.2) is 24.5 Å². The fourth-order valence-corrected chi connectivity index (χ4v) is 2.78. The Hall–Kier alpha value is -1.94. The monoisotopic (exact) mass is 260 g/mol. The fourth-order valence-electron chi connectivity index (χ4n) is 2.78. The maximum atomic E-state index is 11.5. The number of fused-ring (bicyclic) bond motifs is 1. The van der Waals surface area contributed by atoms with E-state index in [0.717, 1.165) is 28.9 Å². The Balaban J connectivity index is 2.63. The second-order valence-electron chi connectivity index (χ2n) is 5.67. The Morgan fingerprint density at radius 3 is 2.63 bits per heavy atom. The van der Waals surface area contributed by atoms with Crippen LogP contribution in [0.15, 0.2) is 30.5 Å². The molecule has 0 bridgehead atoms. The SMILES string of the molecule is C=C1C(C)(C)c2cc(CC(=O)O)ccc2[N+]1(C)C=O. The summed E-state index contributed by atoms with van der Waals surface area (Å²) in [5.41, 5.74) is 3.04. The molecule has 1 atom stereocenters. The molecule has 2 rings (SSSR count). The molecule has 100 valence electrons. The van der Waals surface area contributed by atoms with Crippen LogP contribution in [-0.2, 0) is 21.4 Å². The standard InChI is InChI=1S/C15H17NO3/c1-10-15(2,3)12-7-11(8-14(18)19)5-6-13(12)16(10,4)9-17/h5-7,9H,1,8H2,2-4H3/p+1. The van der Waals surface area contributed by atoms with Crippen LogP contribution in [0.3, 0.4) is 0 Å². The largest absolute Gasteiger partial charge is 0.481 e. The highest BCUT2D eigenvalue weighted by atomic mass is 16.4. The number of likely N-dealkylation sites (N-methyl/N-ethyl adjacent to an activating group) is 1. The Bertz CT molecular complexity index is 589. The van der Waals surface area contributed by atoms with Crippen molar-refractivity contribution in [1.82, 2.24) is 4.48 Å². The van der Waals surface area contributed by atoms with Crippen molar-refractivity contribution in [2.45, 2.75) is 25.7 Å². The van der Waals surface area contributed by atoms with E-state index in [2.05, 4.69) is 6.58 Å². The van der Waals surface area contributed by atoms with Crippen molar-refractivity contribution < 1.29 is 14.7 Å². The van der Waals surface area contributed by atoms with Gasteiger partial charge in [-0.25, -0.2) is 9.28 Å². The number of benzene rings is 1. The number of amides is 1. The molecule has 4 heteroatoms. The van der Waals surface area contributed by atoms with E-state index in [-0.39, 0.29) is 16.3 Å². The summed E-state index contributed by atoms with van der Waals surface area (Å²) in [5, 5.41) is 8.87. The molecule has 4 nitrogen and oxygen atoms in total. The molecule has 1 amide bonds. The second kappa shape index (κ2) is 4.03. The van der Waals surface area contributed by atoms with Crippen molar-refractivity contribution in [2.75, 3.05) is 7.05 Å². The maximum absolute atomic E-state index is 11.5. The van der Waals surface area contributed by atoms with Gasteiger partial charge in [-0.3, -0.25) is 4.79 Å². The average molecular weight is 260 g/mol. The van der Waals surface area contributed by atoms with Crippen LogP contribution in [0.4, 0.5) is 5.69 Å². The molecule has 19 heavy (non-hydrogen) atoms. The first kappa shape index (κ1) is 13.5. The van der Waals surface area contributed by atoms with E-state index in [4.69, 9.17) is 5.11 Å². The number of rotatable bonds is 3. The molecule has 0 fully saturated rings. The Morgan fingerprint density at radius 2 is 2.11 bits per heavy atom. The number of aliphatic carboxylic acids is 1. The van der Waals surface area contributed by atoms with Crippen LogP contribution in [0.5, 0.6) is 0 Å². The van der Waals surface area contributed by atoms with Gasteiger partial charge >= 0.3 is 12.4 Å². The van der Waals surface area contributed by atoms with Gasteiger partial charge < -0.3 is 5.11 Å². The minimum atomic E-state index is -0.859. The van der Waals surface area contributed by atoms with Gasteiger partial charge in [0.2, 0.25) is 0 Å². The van der Waals surface area contributed by atoms with Gasteiger partial charge in [-0.15, -0.1) is 0 Å². The summed E-state index contributed by atoms with van der Waals surface area (Å²) >= 11 is 0. The molecule has 1 aromatic rings. The van der Waals surface area contributed by atoms with Crippen LogP contribution >= 0.6 is 0 Å². The first-order chi connectivity index (χ1) is 8.73. The molecule has 1 aromatic carbocycles. The van der Waals surface area contributed by atoms with Crippen molar-refractivity contribution in [3.8, 4) is 0 Å². The van der Waals surface area contributed by atoms with Crippen LogP contribution in [0.25, 0.3) is 0 Å².